The van der Waals surface area contributed by atoms with Crippen molar-refractivity contribution in [3.8, 4) is 11.3 Å². The molecule has 2 saturated heterocycles. The third kappa shape index (κ3) is 5.89. The number of fused-ring (bicyclic) bond motifs is 1. The molecule has 6 rings (SSSR count). The van der Waals surface area contributed by atoms with Gasteiger partial charge in [-0.1, -0.05) is 24.3 Å². The first-order valence-corrected chi connectivity index (χ1v) is 15.2. The Hall–Kier alpha value is -3.65. The normalized spacial score (nSPS) is 17.9. The van der Waals surface area contributed by atoms with Crippen LogP contribution >= 0.6 is 11.3 Å². The summed E-state index contributed by atoms with van der Waals surface area (Å²) in [5, 5.41) is 0. The smallest absolute Gasteiger partial charge is 0.410 e. The van der Waals surface area contributed by atoms with Crippen molar-refractivity contribution in [2.75, 3.05) is 42.5 Å². The van der Waals surface area contributed by atoms with E-state index < -0.39 is 5.60 Å². The monoisotopic (exact) mass is 572 g/mol. The Morgan fingerprint density at radius 1 is 1.00 bits per heavy atom. The van der Waals surface area contributed by atoms with Crippen molar-refractivity contribution in [1.82, 2.24) is 9.88 Å². The number of rotatable bonds is 4. The van der Waals surface area contributed by atoms with E-state index in [2.05, 4.69) is 53.1 Å². The van der Waals surface area contributed by atoms with E-state index in [0.29, 0.717) is 13.1 Å². The molecular weight excluding hydrogens is 535 g/mol. The molecule has 0 saturated carbocycles. The molecule has 6 nitrogen and oxygen atoms in total. The molecule has 4 heterocycles. The van der Waals surface area contributed by atoms with Crippen molar-refractivity contribution >= 4 is 39.0 Å². The van der Waals surface area contributed by atoms with E-state index in [1.807, 2.05) is 32.9 Å². The molecule has 1 unspecified atom stereocenters. The summed E-state index contributed by atoms with van der Waals surface area (Å²) in [6.07, 6.45) is 1.83. The summed E-state index contributed by atoms with van der Waals surface area (Å²) in [6.45, 7) is 11.5. The number of aromatic nitrogens is 1. The van der Waals surface area contributed by atoms with E-state index in [-0.39, 0.29) is 18.0 Å². The van der Waals surface area contributed by atoms with Gasteiger partial charge in [0.15, 0.2) is 0 Å². The van der Waals surface area contributed by atoms with E-state index >= 15 is 0 Å². The van der Waals surface area contributed by atoms with Crippen LogP contribution in [0.25, 0.3) is 21.5 Å². The van der Waals surface area contributed by atoms with Crippen molar-refractivity contribution in [2.45, 2.75) is 52.2 Å². The molecule has 0 aliphatic carbocycles. The number of anilines is 2. The largest absolute Gasteiger partial charge is 0.444 e. The van der Waals surface area contributed by atoms with Gasteiger partial charge in [-0.2, -0.15) is 0 Å². The lowest BCUT2D eigenvalue weighted by atomic mass is 10.0. The highest BCUT2D eigenvalue weighted by atomic mass is 32.1. The molecule has 2 aliphatic rings. The first kappa shape index (κ1) is 27.5. The van der Waals surface area contributed by atoms with E-state index in [4.69, 9.17) is 9.72 Å². The topological polar surface area (TPSA) is 48.9 Å². The van der Waals surface area contributed by atoms with E-state index in [9.17, 15) is 9.18 Å². The highest BCUT2D eigenvalue weighted by Crippen LogP contribution is 2.43. The molecule has 0 spiro atoms. The van der Waals surface area contributed by atoms with Crippen LogP contribution in [-0.2, 0) is 4.74 Å². The zero-order chi connectivity index (χ0) is 28.7. The predicted octanol–water partition coefficient (Wildman–Crippen LogP) is 7.81. The lowest BCUT2D eigenvalue weighted by Crippen LogP contribution is -2.50. The SMILES string of the molecule is Cc1cc2nc(-c3ccc(N4CCN(C(=O)OC(C)(C)C)CC4)cc3)cc(N3CCCC3c3cccc(F)c3)c2s1. The summed E-state index contributed by atoms with van der Waals surface area (Å²) in [6, 6.07) is 20.1. The number of ether oxygens (including phenoxy) is 1. The van der Waals surface area contributed by atoms with Crippen LogP contribution in [-0.4, -0.2) is 54.3 Å². The number of carbonyl (C=O) groups is 1. The fourth-order valence-corrected chi connectivity index (χ4v) is 6.90. The molecule has 0 N–H and O–H groups in total. The Morgan fingerprint density at radius 2 is 1.76 bits per heavy atom. The molecule has 2 aliphatic heterocycles. The number of hydrogen-bond acceptors (Lipinski definition) is 6. The van der Waals surface area contributed by atoms with Gasteiger partial charge in [-0.05, 0) is 82.5 Å². The van der Waals surface area contributed by atoms with Gasteiger partial charge >= 0.3 is 6.09 Å². The van der Waals surface area contributed by atoms with Gasteiger partial charge < -0.3 is 19.4 Å². The summed E-state index contributed by atoms with van der Waals surface area (Å²) in [5.41, 5.74) is 5.86. The van der Waals surface area contributed by atoms with Gasteiger partial charge in [0, 0.05) is 48.9 Å². The first-order valence-electron chi connectivity index (χ1n) is 14.4. The molecule has 2 aromatic carbocycles. The summed E-state index contributed by atoms with van der Waals surface area (Å²) in [4.78, 5) is 25.3. The Morgan fingerprint density at radius 3 is 2.46 bits per heavy atom. The maximum Gasteiger partial charge on any atom is 0.410 e. The minimum atomic E-state index is -0.488. The molecule has 1 amide bonds. The van der Waals surface area contributed by atoms with Crippen molar-refractivity contribution in [3.63, 3.8) is 0 Å². The Bertz CT molecular complexity index is 1550. The van der Waals surface area contributed by atoms with Crippen molar-refractivity contribution < 1.29 is 13.9 Å². The van der Waals surface area contributed by atoms with Crippen LogP contribution in [0.2, 0.25) is 0 Å². The van der Waals surface area contributed by atoms with Crippen LogP contribution in [0.15, 0.2) is 60.7 Å². The molecule has 214 valence electrons. The first-order chi connectivity index (χ1) is 19.6. The lowest BCUT2D eigenvalue weighted by Gasteiger charge is -2.36. The summed E-state index contributed by atoms with van der Waals surface area (Å²) < 4.78 is 20.8. The van der Waals surface area contributed by atoms with Gasteiger partial charge in [0.2, 0.25) is 0 Å². The maximum atomic E-state index is 14.1. The zero-order valence-electron chi connectivity index (χ0n) is 24.2. The van der Waals surface area contributed by atoms with E-state index in [0.717, 1.165) is 60.5 Å². The second-order valence-electron chi connectivity index (χ2n) is 12.0. The number of nitrogens with zero attached hydrogens (tertiary/aromatic N) is 4. The quantitative estimate of drug-likeness (QED) is 0.250. The van der Waals surface area contributed by atoms with Crippen LogP contribution in [0.1, 0.15) is 50.1 Å². The molecule has 8 heteroatoms. The Balaban J connectivity index is 1.24. The number of carbonyl (C=O) groups excluding carboxylic acids is 1. The molecule has 2 aromatic heterocycles. The second-order valence-corrected chi connectivity index (χ2v) is 13.3. The van der Waals surface area contributed by atoms with Crippen molar-refractivity contribution in [1.29, 1.82) is 0 Å². The minimum absolute atomic E-state index is 0.147. The fraction of sp³-hybridized carbons (Fsp3) is 0.394. The number of pyridine rings is 1. The van der Waals surface area contributed by atoms with Crippen molar-refractivity contribution in [2.24, 2.45) is 0 Å². The van der Waals surface area contributed by atoms with Gasteiger partial charge in [-0.25, -0.2) is 14.2 Å². The van der Waals surface area contributed by atoms with Gasteiger partial charge in [-0.3, -0.25) is 0 Å². The predicted molar refractivity (Wildman–Crippen MR) is 166 cm³/mol. The second kappa shape index (κ2) is 11.0. The van der Waals surface area contributed by atoms with E-state index in [1.165, 1.54) is 21.3 Å². The number of benzene rings is 2. The average molecular weight is 573 g/mol. The molecule has 41 heavy (non-hydrogen) atoms. The van der Waals surface area contributed by atoms with Gasteiger partial charge in [0.25, 0.3) is 0 Å². The number of amides is 1. The molecule has 0 bridgehead atoms. The van der Waals surface area contributed by atoms with Gasteiger partial charge in [0.1, 0.15) is 11.4 Å². The van der Waals surface area contributed by atoms with Gasteiger partial charge in [-0.15, -0.1) is 11.3 Å². The number of halogens is 1. The fourth-order valence-electron chi connectivity index (χ4n) is 5.92. The highest BCUT2D eigenvalue weighted by molar-refractivity contribution is 7.19. The number of aryl methyl sites for hydroxylation is 1. The summed E-state index contributed by atoms with van der Waals surface area (Å²) >= 11 is 1.77. The molecule has 0 radical (unpaired) electrons. The number of hydrogen-bond donors (Lipinski definition) is 0. The third-order valence-corrected chi connectivity index (χ3v) is 8.90. The molecular formula is C33H37FN4O2S. The summed E-state index contributed by atoms with van der Waals surface area (Å²) in [7, 11) is 0. The standard InChI is InChI=1S/C33H37FN4O2S/c1-22-19-28-31(41-22)30(38-14-6-9-29(38)24-7-5-8-25(34)20-24)21-27(35-28)23-10-12-26(13-11-23)36-15-17-37(18-16-36)32(39)40-33(2,3)4/h5,7-8,10-13,19-21,29H,6,9,14-18H2,1-4H3. The third-order valence-electron chi connectivity index (χ3n) is 7.84. The van der Waals surface area contributed by atoms with E-state index in [1.54, 1.807) is 22.3 Å². The van der Waals surface area contributed by atoms with Crippen LogP contribution in [0.3, 0.4) is 0 Å². The average Bonchev–Trinajstić information content (AvgIpc) is 3.58. The lowest BCUT2D eigenvalue weighted by molar-refractivity contribution is 0.0240. The molecule has 4 aromatic rings. The van der Waals surface area contributed by atoms with Gasteiger partial charge in [0.05, 0.1) is 27.6 Å². The highest BCUT2D eigenvalue weighted by Gasteiger charge is 2.29. The Kier molecular flexibility index (Phi) is 7.36. The number of piperazine rings is 1. The summed E-state index contributed by atoms with van der Waals surface area (Å²) in [5.74, 6) is -0.187. The van der Waals surface area contributed by atoms with Crippen LogP contribution in [0, 0.1) is 12.7 Å². The minimum Gasteiger partial charge on any atom is -0.444 e. The Labute approximate surface area is 245 Å². The van der Waals surface area contributed by atoms with Crippen LogP contribution in [0.4, 0.5) is 20.6 Å². The number of thiophene rings is 1. The molecule has 1 atom stereocenters. The molecule has 2 fully saturated rings. The van der Waals surface area contributed by atoms with Crippen LogP contribution < -0.4 is 9.80 Å². The maximum absolute atomic E-state index is 14.1. The van der Waals surface area contributed by atoms with Crippen LogP contribution in [0.5, 0.6) is 0 Å². The zero-order valence-corrected chi connectivity index (χ0v) is 25.0. The van der Waals surface area contributed by atoms with Crippen molar-refractivity contribution in [3.05, 3.63) is 76.9 Å².